The lowest BCUT2D eigenvalue weighted by molar-refractivity contribution is -0.142. The first-order chi connectivity index (χ1) is 6.50. The van der Waals surface area contributed by atoms with Gasteiger partial charge in [-0.25, -0.2) is 4.98 Å². The number of thiazole rings is 1. The zero-order chi connectivity index (χ0) is 10.7. The molecule has 1 unspecified atom stereocenters. The summed E-state index contributed by atoms with van der Waals surface area (Å²) < 4.78 is 0. The van der Waals surface area contributed by atoms with Gasteiger partial charge in [-0.15, -0.1) is 11.3 Å². The average Bonchev–Trinajstić information content (AvgIpc) is 2.49. The Labute approximate surface area is 87.2 Å². The van der Waals surface area contributed by atoms with Gasteiger partial charge in [0, 0.05) is 11.1 Å². The molecule has 1 N–H and O–H groups in total. The molecule has 0 aliphatic carbocycles. The number of hydrogen-bond acceptors (Lipinski definition) is 4. The Balaban J connectivity index is 2.56. The van der Waals surface area contributed by atoms with E-state index in [1.165, 1.54) is 0 Å². The Morgan fingerprint density at radius 2 is 2.43 bits per heavy atom. The second-order valence-corrected chi connectivity index (χ2v) is 4.25. The van der Waals surface area contributed by atoms with Gasteiger partial charge >= 0.3 is 5.97 Å². The zero-order valence-corrected chi connectivity index (χ0v) is 9.34. The van der Waals surface area contributed by atoms with Crippen molar-refractivity contribution in [1.29, 1.82) is 0 Å². The van der Waals surface area contributed by atoms with Crippen LogP contribution in [0.2, 0.25) is 0 Å². The lowest BCUT2D eigenvalue weighted by Gasteiger charge is -2.19. The van der Waals surface area contributed by atoms with Crippen LogP contribution in [-0.4, -0.2) is 34.0 Å². The number of nitrogens with zero attached hydrogens (tertiary/aromatic N) is 2. The van der Waals surface area contributed by atoms with Crippen molar-refractivity contribution in [2.24, 2.45) is 0 Å². The summed E-state index contributed by atoms with van der Waals surface area (Å²) in [6.07, 6.45) is 0. The molecule has 1 rings (SSSR count). The third-order valence-electron chi connectivity index (χ3n) is 2.07. The Bertz CT molecular complexity index is 324. The summed E-state index contributed by atoms with van der Waals surface area (Å²) >= 11 is 1.56. The van der Waals surface area contributed by atoms with Crippen molar-refractivity contribution in [2.75, 3.05) is 7.05 Å². The first-order valence-electron chi connectivity index (χ1n) is 4.34. The molecule has 78 valence electrons. The zero-order valence-electron chi connectivity index (χ0n) is 8.52. The van der Waals surface area contributed by atoms with E-state index >= 15 is 0 Å². The number of carbonyl (C=O) groups is 1. The average molecular weight is 214 g/mol. The summed E-state index contributed by atoms with van der Waals surface area (Å²) in [5.41, 5.74) is 0.987. The van der Waals surface area contributed by atoms with E-state index in [1.807, 2.05) is 12.3 Å². The third-order valence-corrected chi connectivity index (χ3v) is 3.02. The fraction of sp³-hybridized carbons (Fsp3) is 0.556. The molecule has 1 heterocycles. The van der Waals surface area contributed by atoms with Crippen molar-refractivity contribution < 1.29 is 9.90 Å². The minimum atomic E-state index is -0.805. The SMILES string of the molecule is Cc1csc(CN(C)C(C)C(=O)O)n1. The van der Waals surface area contributed by atoms with Crippen LogP contribution in [0, 0.1) is 6.92 Å². The van der Waals surface area contributed by atoms with Crippen LogP contribution in [0.15, 0.2) is 5.38 Å². The van der Waals surface area contributed by atoms with E-state index in [2.05, 4.69) is 4.98 Å². The molecule has 0 bridgehead atoms. The van der Waals surface area contributed by atoms with Gasteiger partial charge in [-0.2, -0.15) is 0 Å². The van der Waals surface area contributed by atoms with Crippen molar-refractivity contribution in [2.45, 2.75) is 26.4 Å². The number of carboxylic acid groups (broad SMARTS) is 1. The molecular formula is C9H14N2O2S. The largest absolute Gasteiger partial charge is 0.480 e. The molecule has 0 aliphatic rings. The van der Waals surface area contributed by atoms with Gasteiger partial charge in [-0.05, 0) is 20.9 Å². The van der Waals surface area contributed by atoms with Crippen molar-refractivity contribution in [3.63, 3.8) is 0 Å². The van der Waals surface area contributed by atoms with Crippen LogP contribution in [-0.2, 0) is 11.3 Å². The number of aromatic nitrogens is 1. The summed E-state index contributed by atoms with van der Waals surface area (Å²) in [5, 5.41) is 11.7. The van der Waals surface area contributed by atoms with Crippen LogP contribution < -0.4 is 0 Å². The van der Waals surface area contributed by atoms with E-state index in [9.17, 15) is 4.79 Å². The van der Waals surface area contributed by atoms with E-state index in [1.54, 1.807) is 30.2 Å². The van der Waals surface area contributed by atoms with Gasteiger partial charge in [0.15, 0.2) is 0 Å². The third kappa shape index (κ3) is 2.78. The maximum atomic E-state index is 10.7. The molecule has 1 aromatic heterocycles. The Hall–Kier alpha value is -0.940. The number of aryl methyl sites for hydroxylation is 1. The molecule has 1 aromatic rings. The quantitative estimate of drug-likeness (QED) is 0.822. The molecule has 5 heteroatoms. The Morgan fingerprint density at radius 1 is 1.79 bits per heavy atom. The van der Waals surface area contributed by atoms with E-state index in [-0.39, 0.29) is 0 Å². The minimum Gasteiger partial charge on any atom is -0.480 e. The van der Waals surface area contributed by atoms with Gasteiger partial charge < -0.3 is 5.11 Å². The van der Waals surface area contributed by atoms with E-state index < -0.39 is 12.0 Å². The number of hydrogen-bond donors (Lipinski definition) is 1. The maximum Gasteiger partial charge on any atom is 0.320 e. The number of rotatable bonds is 4. The highest BCUT2D eigenvalue weighted by atomic mass is 32.1. The molecular weight excluding hydrogens is 200 g/mol. The summed E-state index contributed by atoms with van der Waals surface area (Å²) in [6, 6.07) is -0.473. The topological polar surface area (TPSA) is 53.4 Å². The number of carboxylic acids is 1. The second kappa shape index (κ2) is 4.52. The van der Waals surface area contributed by atoms with Gasteiger partial charge in [0.05, 0.1) is 6.54 Å². The fourth-order valence-electron chi connectivity index (χ4n) is 1.01. The molecule has 0 aromatic carbocycles. The van der Waals surface area contributed by atoms with Gasteiger partial charge in [0.2, 0.25) is 0 Å². The predicted octanol–water partition coefficient (Wildman–Crippen LogP) is 1.36. The molecule has 0 saturated carbocycles. The summed E-state index contributed by atoms with van der Waals surface area (Å²) in [4.78, 5) is 16.7. The van der Waals surface area contributed by atoms with Gasteiger partial charge in [-0.3, -0.25) is 9.69 Å². The molecule has 0 aliphatic heterocycles. The molecule has 14 heavy (non-hydrogen) atoms. The van der Waals surface area contributed by atoms with Crippen LogP contribution >= 0.6 is 11.3 Å². The lowest BCUT2D eigenvalue weighted by Crippen LogP contribution is -2.35. The molecule has 4 nitrogen and oxygen atoms in total. The molecule has 0 amide bonds. The summed E-state index contributed by atoms with van der Waals surface area (Å²) in [6.45, 7) is 4.19. The minimum absolute atomic E-state index is 0.473. The van der Waals surface area contributed by atoms with Gasteiger partial charge in [0.25, 0.3) is 0 Å². The van der Waals surface area contributed by atoms with E-state index in [4.69, 9.17) is 5.11 Å². The standard InChI is InChI=1S/C9H14N2O2S/c1-6-5-14-8(10-6)4-11(3)7(2)9(12)13/h5,7H,4H2,1-3H3,(H,12,13). The van der Waals surface area contributed by atoms with Gasteiger partial charge in [0.1, 0.15) is 11.0 Å². The van der Waals surface area contributed by atoms with Crippen molar-refractivity contribution >= 4 is 17.3 Å². The normalized spacial score (nSPS) is 13.1. The number of likely N-dealkylation sites (N-methyl/N-ethyl adjacent to an activating group) is 1. The molecule has 0 saturated heterocycles. The molecule has 1 atom stereocenters. The van der Waals surface area contributed by atoms with Crippen LogP contribution in [0.25, 0.3) is 0 Å². The Morgan fingerprint density at radius 3 is 2.86 bits per heavy atom. The second-order valence-electron chi connectivity index (χ2n) is 3.31. The highest BCUT2D eigenvalue weighted by molar-refractivity contribution is 7.09. The first kappa shape index (κ1) is 11.1. The van der Waals surface area contributed by atoms with Crippen LogP contribution in [0.1, 0.15) is 17.6 Å². The first-order valence-corrected chi connectivity index (χ1v) is 5.22. The van der Waals surface area contributed by atoms with E-state index in [0.29, 0.717) is 6.54 Å². The summed E-state index contributed by atoms with van der Waals surface area (Å²) in [7, 11) is 1.79. The van der Waals surface area contributed by atoms with Crippen molar-refractivity contribution in [3.05, 3.63) is 16.1 Å². The van der Waals surface area contributed by atoms with Crippen LogP contribution in [0.5, 0.6) is 0 Å². The monoisotopic (exact) mass is 214 g/mol. The van der Waals surface area contributed by atoms with Gasteiger partial charge in [-0.1, -0.05) is 0 Å². The summed E-state index contributed by atoms with van der Waals surface area (Å²) in [5.74, 6) is -0.805. The molecule has 0 fully saturated rings. The van der Waals surface area contributed by atoms with Crippen molar-refractivity contribution in [1.82, 2.24) is 9.88 Å². The number of aliphatic carboxylic acids is 1. The van der Waals surface area contributed by atoms with Crippen molar-refractivity contribution in [3.8, 4) is 0 Å². The van der Waals surface area contributed by atoms with Crippen LogP contribution in [0.4, 0.5) is 0 Å². The lowest BCUT2D eigenvalue weighted by atomic mass is 10.3. The maximum absolute atomic E-state index is 10.7. The molecule has 0 radical (unpaired) electrons. The van der Waals surface area contributed by atoms with Crippen LogP contribution in [0.3, 0.4) is 0 Å². The Kier molecular flexibility index (Phi) is 3.60. The highest BCUT2D eigenvalue weighted by Crippen LogP contribution is 2.12. The molecule has 0 spiro atoms. The predicted molar refractivity (Wildman–Crippen MR) is 55.4 cm³/mol. The fourth-order valence-corrected chi connectivity index (χ4v) is 1.85. The van der Waals surface area contributed by atoms with E-state index in [0.717, 1.165) is 10.7 Å². The smallest absolute Gasteiger partial charge is 0.320 e. The highest BCUT2D eigenvalue weighted by Gasteiger charge is 2.17.